The fourth-order valence-corrected chi connectivity index (χ4v) is 2.90. The van der Waals surface area contributed by atoms with Crippen LogP contribution in [-0.2, 0) is 4.79 Å². The van der Waals surface area contributed by atoms with Gasteiger partial charge in [-0.1, -0.05) is 6.07 Å². The summed E-state index contributed by atoms with van der Waals surface area (Å²) in [4.78, 5) is 15.9. The third-order valence-electron chi connectivity index (χ3n) is 4.29. The normalized spacial score (nSPS) is 29.9. The average molecular weight is 315 g/mol. The maximum absolute atomic E-state index is 12.2. The monoisotopic (exact) mass is 315 g/mol. The van der Waals surface area contributed by atoms with E-state index in [0.29, 0.717) is 11.5 Å². The number of amides is 1. The highest BCUT2D eigenvalue weighted by Crippen LogP contribution is 2.51. The summed E-state index contributed by atoms with van der Waals surface area (Å²) >= 11 is 0. The minimum Gasteiger partial charge on any atom is -0.388 e. The molecule has 2 heterocycles. The molecule has 8 heteroatoms. The molecule has 2 aliphatic rings. The fraction of sp³-hybridized carbons (Fsp3) is 0.571. The van der Waals surface area contributed by atoms with Gasteiger partial charge in [0, 0.05) is 11.6 Å². The molecule has 1 aliphatic heterocycles. The SMILES string of the molecule is Cc1ccc(OC(F)(F)F)nc1NC(=O)C1CC2CC2(C)N1. The third-order valence-corrected chi connectivity index (χ3v) is 4.29. The summed E-state index contributed by atoms with van der Waals surface area (Å²) in [5, 5.41) is 5.82. The summed E-state index contributed by atoms with van der Waals surface area (Å²) in [5.41, 5.74) is 0.600. The molecular weight excluding hydrogens is 299 g/mol. The lowest BCUT2D eigenvalue weighted by Gasteiger charge is -2.17. The van der Waals surface area contributed by atoms with Crippen molar-refractivity contribution >= 4 is 11.7 Å². The van der Waals surface area contributed by atoms with Gasteiger partial charge in [0.2, 0.25) is 11.8 Å². The van der Waals surface area contributed by atoms with Gasteiger partial charge in [0.1, 0.15) is 5.82 Å². The van der Waals surface area contributed by atoms with Crippen molar-refractivity contribution in [2.45, 2.75) is 44.6 Å². The number of carbonyl (C=O) groups excluding carboxylic acids is 1. The number of aryl methyl sites for hydroxylation is 1. The van der Waals surface area contributed by atoms with E-state index in [0.717, 1.165) is 18.9 Å². The number of hydrogen-bond acceptors (Lipinski definition) is 4. The molecule has 2 fully saturated rings. The number of nitrogens with one attached hydrogen (secondary N) is 2. The van der Waals surface area contributed by atoms with Crippen LogP contribution in [0.4, 0.5) is 19.0 Å². The first-order valence-corrected chi connectivity index (χ1v) is 6.98. The number of aromatic nitrogens is 1. The first kappa shape index (κ1) is 15.1. The smallest absolute Gasteiger partial charge is 0.388 e. The quantitative estimate of drug-likeness (QED) is 0.899. The number of pyridine rings is 1. The summed E-state index contributed by atoms with van der Waals surface area (Å²) in [5.74, 6) is -0.299. The zero-order valence-electron chi connectivity index (χ0n) is 12.1. The Morgan fingerprint density at radius 3 is 2.82 bits per heavy atom. The predicted octanol–water partition coefficient (Wildman–Crippen LogP) is 2.37. The van der Waals surface area contributed by atoms with Gasteiger partial charge in [-0.2, -0.15) is 4.98 Å². The molecule has 3 atom stereocenters. The van der Waals surface area contributed by atoms with Crippen molar-refractivity contribution in [3.05, 3.63) is 17.7 Å². The van der Waals surface area contributed by atoms with Crippen molar-refractivity contribution < 1.29 is 22.7 Å². The fourth-order valence-electron chi connectivity index (χ4n) is 2.90. The topological polar surface area (TPSA) is 63.2 Å². The molecule has 1 aromatic rings. The second-order valence-electron chi connectivity index (χ2n) is 6.10. The third kappa shape index (κ3) is 3.01. The van der Waals surface area contributed by atoms with Gasteiger partial charge in [0.25, 0.3) is 0 Å². The number of carbonyl (C=O) groups is 1. The molecular formula is C14H16F3N3O2. The number of halogens is 3. The first-order chi connectivity index (χ1) is 10.2. The van der Waals surface area contributed by atoms with Gasteiger partial charge in [0.15, 0.2) is 0 Å². The maximum atomic E-state index is 12.2. The zero-order valence-corrected chi connectivity index (χ0v) is 12.1. The van der Waals surface area contributed by atoms with Crippen LogP contribution in [0.2, 0.25) is 0 Å². The first-order valence-electron chi connectivity index (χ1n) is 6.98. The molecule has 1 saturated heterocycles. The Bertz CT molecular complexity index is 620. The highest BCUT2D eigenvalue weighted by Gasteiger charge is 2.57. The van der Waals surface area contributed by atoms with E-state index in [-0.39, 0.29) is 23.3 Å². The van der Waals surface area contributed by atoms with E-state index < -0.39 is 12.2 Å². The molecule has 2 N–H and O–H groups in total. The number of alkyl halides is 3. The number of hydrogen-bond donors (Lipinski definition) is 2. The number of rotatable bonds is 3. The van der Waals surface area contributed by atoms with E-state index in [2.05, 4.69) is 27.3 Å². The average Bonchev–Trinajstić information content (AvgIpc) is 2.89. The lowest BCUT2D eigenvalue weighted by molar-refractivity contribution is -0.276. The number of piperidine rings is 1. The van der Waals surface area contributed by atoms with Crippen LogP contribution in [0.5, 0.6) is 5.88 Å². The van der Waals surface area contributed by atoms with Crippen molar-refractivity contribution in [2.24, 2.45) is 5.92 Å². The van der Waals surface area contributed by atoms with Crippen LogP contribution in [0.15, 0.2) is 12.1 Å². The maximum Gasteiger partial charge on any atom is 0.574 e. The predicted molar refractivity (Wildman–Crippen MR) is 72.3 cm³/mol. The van der Waals surface area contributed by atoms with Crippen LogP contribution in [0.3, 0.4) is 0 Å². The van der Waals surface area contributed by atoms with Crippen LogP contribution >= 0.6 is 0 Å². The number of ether oxygens (including phenoxy) is 1. The molecule has 1 aliphatic carbocycles. The van der Waals surface area contributed by atoms with E-state index in [1.807, 2.05) is 0 Å². The Hall–Kier alpha value is -1.83. The molecule has 22 heavy (non-hydrogen) atoms. The van der Waals surface area contributed by atoms with Gasteiger partial charge < -0.3 is 15.4 Å². The Kier molecular flexibility index (Phi) is 3.32. The van der Waals surface area contributed by atoms with Crippen molar-refractivity contribution in [3.63, 3.8) is 0 Å². The van der Waals surface area contributed by atoms with Gasteiger partial charge in [-0.15, -0.1) is 13.2 Å². The molecule has 1 amide bonds. The summed E-state index contributed by atoms with van der Waals surface area (Å²) in [6.45, 7) is 3.72. The van der Waals surface area contributed by atoms with Gasteiger partial charge in [-0.3, -0.25) is 4.79 Å². The lowest BCUT2D eigenvalue weighted by Crippen LogP contribution is -2.41. The Morgan fingerprint density at radius 2 is 2.23 bits per heavy atom. The zero-order chi connectivity index (χ0) is 16.1. The van der Waals surface area contributed by atoms with Crippen molar-refractivity contribution in [1.82, 2.24) is 10.3 Å². The molecule has 1 saturated carbocycles. The molecule has 5 nitrogen and oxygen atoms in total. The van der Waals surface area contributed by atoms with Gasteiger partial charge >= 0.3 is 6.36 Å². The highest BCUT2D eigenvalue weighted by atomic mass is 19.4. The van der Waals surface area contributed by atoms with Gasteiger partial charge in [0.05, 0.1) is 6.04 Å². The summed E-state index contributed by atoms with van der Waals surface area (Å²) in [6, 6.07) is 2.20. The largest absolute Gasteiger partial charge is 0.574 e. The second kappa shape index (κ2) is 4.84. The molecule has 3 rings (SSSR count). The Labute approximate surface area is 125 Å². The van der Waals surface area contributed by atoms with E-state index in [1.165, 1.54) is 6.07 Å². The Balaban J connectivity index is 1.69. The molecule has 0 spiro atoms. The number of fused-ring (bicyclic) bond motifs is 1. The van der Waals surface area contributed by atoms with Gasteiger partial charge in [-0.25, -0.2) is 0 Å². The molecule has 3 unspecified atom stereocenters. The molecule has 0 aromatic carbocycles. The summed E-state index contributed by atoms with van der Waals surface area (Å²) in [6.07, 6.45) is -3.02. The highest BCUT2D eigenvalue weighted by molar-refractivity contribution is 5.95. The van der Waals surface area contributed by atoms with E-state index in [1.54, 1.807) is 6.92 Å². The standard InChI is InChI=1S/C14H16F3N3O2/c1-7-3-4-10(22-14(15,16)17)18-11(7)19-12(21)9-5-8-6-13(8,2)20-9/h3-4,8-9,20H,5-6H2,1-2H3,(H,18,19,21). The number of nitrogens with zero attached hydrogens (tertiary/aromatic N) is 1. The van der Waals surface area contributed by atoms with Crippen LogP contribution in [0.25, 0.3) is 0 Å². The van der Waals surface area contributed by atoms with Crippen LogP contribution in [-0.4, -0.2) is 28.8 Å². The van der Waals surface area contributed by atoms with E-state index in [9.17, 15) is 18.0 Å². The van der Waals surface area contributed by atoms with Crippen LogP contribution in [0.1, 0.15) is 25.3 Å². The molecule has 0 bridgehead atoms. The second-order valence-corrected chi connectivity index (χ2v) is 6.10. The van der Waals surface area contributed by atoms with Crippen molar-refractivity contribution in [2.75, 3.05) is 5.32 Å². The van der Waals surface area contributed by atoms with Crippen LogP contribution in [0, 0.1) is 12.8 Å². The van der Waals surface area contributed by atoms with Crippen molar-refractivity contribution in [3.8, 4) is 5.88 Å². The van der Waals surface area contributed by atoms with Crippen LogP contribution < -0.4 is 15.4 Å². The van der Waals surface area contributed by atoms with E-state index in [4.69, 9.17) is 0 Å². The van der Waals surface area contributed by atoms with Gasteiger partial charge in [-0.05, 0) is 38.2 Å². The lowest BCUT2D eigenvalue weighted by atomic mass is 10.1. The number of anilines is 1. The van der Waals surface area contributed by atoms with Crippen molar-refractivity contribution in [1.29, 1.82) is 0 Å². The Morgan fingerprint density at radius 1 is 1.50 bits per heavy atom. The molecule has 120 valence electrons. The minimum atomic E-state index is -4.81. The molecule has 1 aromatic heterocycles. The minimum absolute atomic E-state index is 0.0335. The summed E-state index contributed by atoms with van der Waals surface area (Å²) < 4.78 is 40.4. The van der Waals surface area contributed by atoms with E-state index >= 15 is 0 Å². The molecule has 0 radical (unpaired) electrons. The summed E-state index contributed by atoms with van der Waals surface area (Å²) in [7, 11) is 0.